The lowest BCUT2D eigenvalue weighted by Gasteiger charge is -2.23. The van der Waals surface area contributed by atoms with Gasteiger partial charge in [0.25, 0.3) is 0 Å². The van der Waals surface area contributed by atoms with Crippen molar-refractivity contribution in [2.24, 2.45) is 0 Å². The van der Waals surface area contributed by atoms with Crippen LogP contribution in [0.1, 0.15) is 55.6 Å². The minimum absolute atomic E-state index is 0.113. The maximum absolute atomic E-state index is 13.1. The van der Waals surface area contributed by atoms with E-state index < -0.39 is 11.6 Å². The molecule has 0 spiro atoms. The van der Waals surface area contributed by atoms with Crippen LogP contribution in [0.4, 0.5) is 4.39 Å². The number of hydrogen-bond donors (Lipinski definition) is 0. The van der Waals surface area contributed by atoms with Gasteiger partial charge in [0.1, 0.15) is 18.0 Å². The third kappa shape index (κ3) is 5.21. The first-order valence-corrected chi connectivity index (χ1v) is 10.7. The van der Waals surface area contributed by atoms with Crippen LogP contribution in [0.2, 0.25) is 0 Å². The summed E-state index contributed by atoms with van der Waals surface area (Å²) in [4.78, 5) is 12.6. The van der Waals surface area contributed by atoms with Gasteiger partial charge in [-0.05, 0) is 70.4 Å². The van der Waals surface area contributed by atoms with Crippen LogP contribution in [0.25, 0.3) is 0 Å². The molecular weight excluding hydrogens is 399 g/mol. The van der Waals surface area contributed by atoms with Crippen LogP contribution in [-0.2, 0) is 25.4 Å². The number of benzene rings is 2. The highest BCUT2D eigenvalue weighted by molar-refractivity contribution is 6.08. The van der Waals surface area contributed by atoms with Crippen molar-refractivity contribution in [3.8, 4) is 0 Å². The van der Waals surface area contributed by atoms with Gasteiger partial charge < -0.3 is 18.9 Å². The minimum Gasteiger partial charge on any atom is -0.348 e. The Bertz CT molecular complexity index is 920. The first-order chi connectivity index (χ1) is 14.6. The first kappa shape index (κ1) is 22.1. The summed E-state index contributed by atoms with van der Waals surface area (Å²) in [5.41, 5.74) is 2.15. The van der Waals surface area contributed by atoms with Gasteiger partial charge in [-0.3, -0.25) is 4.79 Å². The lowest BCUT2D eigenvalue weighted by Crippen LogP contribution is -2.38. The molecule has 166 valence electrons. The van der Waals surface area contributed by atoms with Gasteiger partial charge in [0.2, 0.25) is 0 Å². The zero-order valence-electron chi connectivity index (χ0n) is 18.4. The van der Waals surface area contributed by atoms with E-state index in [0.717, 1.165) is 18.4 Å². The highest BCUT2D eigenvalue weighted by Gasteiger charge is 2.49. The van der Waals surface area contributed by atoms with Gasteiger partial charge in [0.05, 0.1) is 12.7 Å². The van der Waals surface area contributed by atoms with E-state index >= 15 is 0 Å². The zero-order chi connectivity index (χ0) is 22.2. The third-order valence-electron chi connectivity index (χ3n) is 5.66. The second-order valence-corrected chi connectivity index (χ2v) is 9.08. The molecule has 2 aliphatic heterocycles. The summed E-state index contributed by atoms with van der Waals surface area (Å²) in [7, 11) is 0. The number of rotatable bonds is 6. The van der Waals surface area contributed by atoms with Gasteiger partial charge in [0, 0.05) is 11.1 Å². The highest BCUT2D eigenvalue weighted by atomic mass is 19.1. The summed E-state index contributed by atoms with van der Waals surface area (Å²) >= 11 is 0. The topological polar surface area (TPSA) is 54.0 Å². The van der Waals surface area contributed by atoms with E-state index in [1.807, 2.05) is 52.0 Å². The van der Waals surface area contributed by atoms with E-state index in [2.05, 4.69) is 0 Å². The Labute approximate surface area is 182 Å². The fourth-order valence-electron chi connectivity index (χ4n) is 4.18. The fraction of sp³-hybridized carbons (Fsp3) is 0.480. The molecule has 4 rings (SSSR count). The summed E-state index contributed by atoms with van der Waals surface area (Å²) in [5.74, 6) is -1.76. The lowest BCUT2D eigenvalue weighted by molar-refractivity contribution is -0.174. The van der Waals surface area contributed by atoms with E-state index in [1.54, 1.807) is 0 Å². The molecule has 0 saturated carbocycles. The number of hydrogen-bond acceptors (Lipinski definition) is 5. The van der Waals surface area contributed by atoms with Crippen LogP contribution in [0.5, 0.6) is 0 Å². The van der Waals surface area contributed by atoms with Crippen molar-refractivity contribution in [1.29, 1.82) is 0 Å². The fourth-order valence-corrected chi connectivity index (χ4v) is 4.18. The predicted octanol–water partition coefficient (Wildman–Crippen LogP) is 4.66. The summed E-state index contributed by atoms with van der Waals surface area (Å²) in [6.07, 6.45) is 1.06. The van der Waals surface area contributed by atoms with Gasteiger partial charge in [0.15, 0.2) is 17.4 Å². The monoisotopic (exact) mass is 428 g/mol. The van der Waals surface area contributed by atoms with Gasteiger partial charge in [-0.15, -0.1) is 0 Å². The molecule has 3 atom stereocenters. The molecule has 0 radical (unpaired) electrons. The van der Waals surface area contributed by atoms with Crippen LogP contribution in [-0.4, -0.2) is 42.3 Å². The number of halogens is 1. The average molecular weight is 429 g/mol. The molecule has 2 aromatic carbocycles. The Hall–Kier alpha value is -2.12. The number of carbonyl (C=O) groups excluding carboxylic acids is 1. The Morgan fingerprint density at radius 3 is 2.10 bits per heavy atom. The van der Waals surface area contributed by atoms with Crippen molar-refractivity contribution in [2.75, 3.05) is 6.61 Å². The van der Waals surface area contributed by atoms with Crippen LogP contribution in [0, 0.1) is 5.82 Å². The first-order valence-electron chi connectivity index (χ1n) is 10.7. The molecule has 2 fully saturated rings. The average Bonchev–Trinajstić information content (AvgIpc) is 3.24. The Balaban J connectivity index is 1.39. The molecular formula is C25H29FO5. The van der Waals surface area contributed by atoms with E-state index in [-0.39, 0.29) is 29.9 Å². The molecule has 0 amide bonds. The summed E-state index contributed by atoms with van der Waals surface area (Å²) in [6, 6.07) is 13.1. The normalized spacial score (nSPS) is 26.8. The standard InChI is InChI=1S/C25H29FO5/c1-24(2)28-15-21(30-24)23-20(29-25(3,4)31-23)14-7-16-5-8-17(9-6-16)22(27)18-10-12-19(26)13-11-18/h5-6,8-13,20-21,23H,7,14-15H2,1-4H3/t20-,21-,23+/m1/s1. The molecule has 31 heavy (non-hydrogen) atoms. The molecule has 2 saturated heterocycles. The maximum atomic E-state index is 13.1. The molecule has 0 aliphatic carbocycles. The number of carbonyl (C=O) groups is 1. The Morgan fingerprint density at radius 1 is 0.903 bits per heavy atom. The van der Waals surface area contributed by atoms with Crippen LogP contribution >= 0.6 is 0 Å². The zero-order valence-corrected chi connectivity index (χ0v) is 18.4. The van der Waals surface area contributed by atoms with Gasteiger partial charge in [-0.1, -0.05) is 24.3 Å². The Morgan fingerprint density at radius 2 is 1.52 bits per heavy atom. The lowest BCUT2D eigenvalue weighted by atomic mass is 9.98. The van der Waals surface area contributed by atoms with E-state index in [9.17, 15) is 9.18 Å². The second-order valence-electron chi connectivity index (χ2n) is 9.08. The predicted molar refractivity (Wildman–Crippen MR) is 113 cm³/mol. The maximum Gasteiger partial charge on any atom is 0.193 e. The molecule has 0 N–H and O–H groups in total. The van der Waals surface area contributed by atoms with Crippen LogP contribution in [0.15, 0.2) is 48.5 Å². The SMILES string of the molecule is CC1(C)OC[C@H]([C@H]2OC(C)(C)O[C@@H]2CCc2ccc(C(=O)c3ccc(F)cc3)cc2)O1. The molecule has 2 aromatic rings. The Kier molecular flexibility index (Phi) is 6.01. The molecule has 2 aliphatic rings. The second kappa shape index (κ2) is 8.43. The molecule has 2 heterocycles. The largest absolute Gasteiger partial charge is 0.348 e. The van der Waals surface area contributed by atoms with Crippen LogP contribution < -0.4 is 0 Å². The van der Waals surface area contributed by atoms with E-state index in [1.165, 1.54) is 24.3 Å². The van der Waals surface area contributed by atoms with Crippen molar-refractivity contribution in [2.45, 2.75) is 70.4 Å². The number of ketones is 1. The van der Waals surface area contributed by atoms with Crippen LogP contribution in [0.3, 0.4) is 0 Å². The number of aryl methyl sites for hydroxylation is 1. The van der Waals surface area contributed by atoms with Gasteiger partial charge >= 0.3 is 0 Å². The van der Waals surface area contributed by atoms with E-state index in [0.29, 0.717) is 17.7 Å². The van der Waals surface area contributed by atoms with Crippen molar-refractivity contribution in [3.63, 3.8) is 0 Å². The quantitative estimate of drug-likeness (QED) is 0.627. The molecule has 6 heteroatoms. The van der Waals surface area contributed by atoms with Gasteiger partial charge in [-0.25, -0.2) is 4.39 Å². The van der Waals surface area contributed by atoms with Crippen molar-refractivity contribution >= 4 is 5.78 Å². The summed E-state index contributed by atoms with van der Waals surface area (Å²) in [6.45, 7) is 8.11. The minimum atomic E-state index is -0.670. The molecule has 0 bridgehead atoms. The van der Waals surface area contributed by atoms with E-state index in [4.69, 9.17) is 18.9 Å². The van der Waals surface area contributed by atoms with Crippen molar-refractivity contribution in [3.05, 3.63) is 71.0 Å². The summed E-state index contributed by atoms with van der Waals surface area (Å²) < 4.78 is 37.1. The third-order valence-corrected chi connectivity index (χ3v) is 5.66. The van der Waals surface area contributed by atoms with Crippen molar-refractivity contribution < 1.29 is 28.1 Å². The molecule has 0 unspecified atom stereocenters. The number of ether oxygens (including phenoxy) is 4. The van der Waals surface area contributed by atoms with Crippen molar-refractivity contribution in [1.82, 2.24) is 0 Å². The highest BCUT2D eigenvalue weighted by Crippen LogP contribution is 2.37. The summed E-state index contributed by atoms with van der Waals surface area (Å²) in [5, 5.41) is 0. The van der Waals surface area contributed by atoms with Gasteiger partial charge in [-0.2, -0.15) is 0 Å². The molecule has 0 aromatic heterocycles. The molecule has 5 nitrogen and oxygen atoms in total. The smallest absolute Gasteiger partial charge is 0.193 e.